The molecule has 2 fully saturated rings. The molecule has 1 heterocycles. The third-order valence-corrected chi connectivity index (χ3v) is 5.18. The quantitative estimate of drug-likeness (QED) is 0.738. The van der Waals surface area contributed by atoms with Gasteiger partial charge in [-0.2, -0.15) is 0 Å². The lowest BCUT2D eigenvalue weighted by molar-refractivity contribution is 0.0574. The van der Waals surface area contributed by atoms with Crippen molar-refractivity contribution in [2.45, 2.75) is 31.7 Å². The number of carbonyl (C=O) groups excluding carboxylic acids is 1. The Morgan fingerprint density at radius 3 is 2.26 bits per heavy atom. The number of nitrogens with two attached hydrogens (primary N) is 1. The highest BCUT2D eigenvalue weighted by Crippen LogP contribution is 2.25. The number of nitrogens with zero attached hydrogens (tertiary/aromatic N) is 2. The largest absolute Gasteiger partial charge is 0.398 e. The SMILES string of the molecule is Cl.Cl.Nc1cc(Br)ccc1C(=O)N1CCN(C2CCCC2)CC1. The number of carbonyl (C=O) groups is 1. The molecule has 1 aromatic carbocycles. The Balaban J connectivity index is 0.00000132. The molecule has 0 bridgehead atoms. The molecule has 1 saturated carbocycles. The number of amides is 1. The van der Waals surface area contributed by atoms with Gasteiger partial charge in [0.1, 0.15) is 0 Å². The van der Waals surface area contributed by atoms with E-state index in [-0.39, 0.29) is 30.7 Å². The van der Waals surface area contributed by atoms with Crippen LogP contribution in [-0.2, 0) is 0 Å². The van der Waals surface area contributed by atoms with Crippen LogP contribution in [0.5, 0.6) is 0 Å². The van der Waals surface area contributed by atoms with Crippen LogP contribution in [0.2, 0.25) is 0 Å². The number of nitrogen functional groups attached to an aromatic ring is 1. The second-order valence-electron chi connectivity index (χ2n) is 6.00. The van der Waals surface area contributed by atoms with Gasteiger partial charge in [-0.3, -0.25) is 9.69 Å². The molecule has 4 nitrogen and oxygen atoms in total. The van der Waals surface area contributed by atoms with Crippen LogP contribution in [-0.4, -0.2) is 47.9 Å². The highest BCUT2D eigenvalue weighted by molar-refractivity contribution is 9.10. The summed E-state index contributed by atoms with van der Waals surface area (Å²) in [5.74, 6) is 0.0612. The van der Waals surface area contributed by atoms with Crippen molar-refractivity contribution < 1.29 is 4.79 Å². The predicted octanol–water partition coefficient (Wildman–Crippen LogP) is 3.58. The summed E-state index contributed by atoms with van der Waals surface area (Å²) in [4.78, 5) is 17.1. The highest BCUT2D eigenvalue weighted by Gasteiger charge is 2.28. The zero-order valence-electron chi connectivity index (χ0n) is 13.0. The summed E-state index contributed by atoms with van der Waals surface area (Å²) in [6, 6.07) is 6.23. The van der Waals surface area contributed by atoms with Crippen LogP contribution >= 0.6 is 40.7 Å². The van der Waals surface area contributed by atoms with Crippen molar-refractivity contribution >= 4 is 52.3 Å². The van der Waals surface area contributed by atoms with Gasteiger partial charge in [0.15, 0.2) is 0 Å². The maximum Gasteiger partial charge on any atom is 0.256 e. The van der Waals surface area contributed by atoms with E-state index in [1.54, 1.807) is 6.07 Å². The lowest BCUT2D eigenvalue weighted by Crippen LogP contribution is -2.51. The van der Waals surface area contributed by atoms with Gasteiger partial charge in [0, 0.05) is 42.4 Å². The van der Waals surface area contributed by atoms with E-state index in [1.165, 1.54) is 25.7 Å². The first-order chi connectivity index (χ1) is 10.1. The van der Waals surface area contributed by atoms with Gasteiger partial charge in [-0.1, -0.05) is 28.8 Å². The summed E-state index contributed by atoms with van der Waals surface area (Å²) in [6.45, 7) is 3.61. The fraction of sp³-hybridized carbons (Fsp3) is 0.562. The number of halogens is 3. The van der Waals surface area contributed by atoms with Crippen molar-refractivity contribution in [2.24, 2.45) is 0 Å². The molecule has 23 heavy (non-hydrogen) atoms. The molecule has 1 aromatic rings. The fourth-order valence-electron chi connectivity index (χ4n) is 3.46. The van der Waals surface area contributed by atoms with Gasteiger partial charge in [-0.05, 0) is 31.0 Å². The summed E-state index contributed by atoms with van der Waals surface area (Å²) >= 11 is 3.38. The fourth-order valence-corrected chi connectivity index (χ4v) is 3.84. The van der Waals surface area contributed by atoms with E-state index in [9.17, 15) is 4.79 Å². The normalized spacial score (nSPS) is 19.1. The first-order valence-corrected chi connectivity index (χ1v) is 8.53. The van der Waals surface area contributed by atoms with Crippen LogP contribution in [0.25, 0.3) is 0 Å². The van der Waals surface area contributed by atoms with Gasteiger partial charge in [0.05, 0.1) is 5.56 Å². The van der Waals surface area contributed by atoms with E-state index in [0.29, 0.717) is 11.3 Å². The van der Waals surface area contributed by atoms with Crippen LogP contribution < -0.4 is 5.73 Å². The standard InChI is InChI=1S/C16H22BrN3O.2ClH/c17-12-5-6-14(15(18)11-12)16(21)20-9-7-19(8-10-20)13-3-1-2-4-13;;/h5-6,11,13H,1-4,7-10,18H2;2*1H. The average Bonchev–Trinajstić information content (AvgIpc) is 3.01. The molecule has 0 atom stereocenters. The first kappa shape index (κ1) is 20.6. The number of anilines is 1. The van der Waals surface area contributed by atoms with Gasteiger partial charge < -0.3 is 10.6 Å². The molecule has 130 valence electrons. The second kappa shape index (κ2) is 9.11. The summed E-state index contributed by atoms with van der Waals surface area (Å²) in [6.07, 6.45) is 5.37. The maximum atomic E-state index is 12.6. The predicted molar refractivity (Wildman–Crippen MR) is 103 cm³/mol. The Bertz CT molecular complexity index is 530. The molecule has 0 spiro atoms. The van der Waals surface area contributed by atoms with E-state index >= 15 is 0 Å². The van der Waals surface area contributed by atoms with Crippen LogP contribution in [0.4, 0.5) is 5.69 Å². The molecule has 2 N–H and O–H groups in total. The van der Waals surface area contributed by atoms with Gasteiger partial charge in [0.2, 0.25) is 0 Å². The van der Waals surface area contributed by atoms with Crippen molar-refractivity contribution in [2.75, 3.05) is 31.9 Å². The number of hydrogen-bond donors (Lipinski definition) is 1. The zero-order valence-corrected chi connectivity index (χ0v) is 16.3. The summed E-state index contributed by atoms with van der Waals surface area (Å²) in [5.41, 5.74) is 7.13. The minimum Gasteiger partial charge on any atom is -0.398 e. The molecule has 1 aliphatic heterocycles. The third-order valence-electron chi connectivity index (χ3n) is 4.69. The topological polar surface area (TPSA) is 49.6 Å². The zero-order chi connectivity index (χ0) is 14.8. The Labute approximate surface area is 158 Å². The summed E-state index contributed by atoms with van der Waals surface area (Å²) in [7, 11) is 0. The maximum absolute atomic E-state index is 12.6. The Morgan fingerprint density at radius 1 is 1.09 bits per heavy atom. The number of piperazine rings is 1. The molecule has 2 aliphatic rings. The van der Waals surface area contributed by atoms with Crippen LogP contribution in [0.15, 0.2) is 22.7 Å². The smallest absolute Gasteiger partial charge is 0.256 e. The minimum atomic E-state index is 0. The summed E-state index contributed by atoms with van der Waals surface area (Å²) in [5, 5.41) is 0. The first-order valence-electron chi connectivity index (χ1n) is 7.73. The van der Waals surface area contributed by atoms with Gasteiger partial charge in [-0.25, -0.2) is 0 Å². The number of rotatable bonds is 2. The van der Waals surface area contributed by atoms with Crippen LogP contribution in [0, 0.1) is 0 Å². The molecule has 0 aromatic heterocycles. The van der Waals surface area contributed by atoms with E-state index < -0.39 is 0 Å². The van der Waals surface area contributed by atoms with Crippen LogP contribution in [0.1, 0.15) is 36.0 Å². The Kier molecular flexibility index (Phi) is 8.14. The van der Waals surface area contributed by atoms with Gasteiger partial charge in [-0.15, -0.1) is 24.8 Å². The Hall–Kier alpha value is -0.490. The molecule has 3 rings (SSSR count). The van der Waals surface area contributed by atoms with E-state index in [4.69, 9.17) is 5.73 Å². The minimum absolute atomic E-state index is 0. The van der Waals surface area contributed by atoms with E-state index in [2.05, 4.69) is 20.8 Å². The molecule has 1 saturated heterocycles. The van der Waals surface area contributed by atoms with E-state index in [0.717, 1.165) is 36.7 Å². The molecular formula is C16H24BrCl2N3O. The monoisotopic (exact) mass is 423 g/mol. The van der Waals surface area contributed by atoms with Crippen molar-refractivity contribution in [1.29, 1.82) is 0 Å². The molecule has 0 radical (unpaired) electrons. The van der Waals surface area contributed by atoms with E-state index in [1.807, 2.05) is 17.0 Å². The second-order valence-corrected chi connectivity index (χ2v) is 6.91. The summed E-state index contributed by atoms with van der Waals surface area (Å²) < 4.78 is 0.905. The average molecular weight is 425 g/mol. The van der Waals surface area contributed by atoms with Gasteiger partial charge >= 0.3 is 0 Å². The third kappa shape index (κ3) is 4.75. The number of hydrogen-bond acceptors (Lipinski definition) is 3. The number of benzene rings is 1. The van der Waals surface area contributed by atoms with Crippen molar-refractivity contribution in [3.8, 4) is 0 Å². The lowest BCUT2D eigenvalue weighted by atomic mass is 10.1. The van der Waals surface area contributed by atoms with Crippen molar-refractivity contribution in [3.63, 3.8) is 0 Å². The molecule has 1 aliphatic carbocycles. The Morgan fingerprint density at radius 2 is 1.70 bits per heavy atom. The highest BCUT2D eigenvalue weighted by atomic mass is 79.9. The molecule has 0 unspecified atom stereocenters. The van der Waals surface area contributed by atoms with Gasteiger partial charge in [0.25, 0.3) is 5.91 Å². The molecular weight excluding hydrogens is 401 g/mol. The molecule has 7 heteroatoms. The van der Waals surface area contributed by atoms with Crippen molar-refractivity contribution in [3.05, 3.63) is 28.2 Å². The lowest BCUT2D eigenvalue weighted by Gasteiger charge is -2.38. The van der Waals surface area contributed by atoms with Crippen molar-refractivity contribution in [1.82, 2.24) is 9.80 Å². The molecule has 1 amide bonds. The van der Waals surface area contributed by atoms with Crippen LogP contribution in [0.3, 0.4) is 0 Å².